The van der Waals surface area contributed by atoms with Crippen molar-refractivity contribution >= 4 is 0 Å². The molecule has 0 radical (unpaired) electrons. The van der Waals surface area contributed by atoms with Gasteiger partial charge < -0.3 is 75.1 Å². The first-order valence-electron chi connectivity index (χ1n) is 21.1. The van der Waals surface area contributed by atoms with Gasteiger partial charge in [0.05, 0.1) is 31.0 Å². The molecule has 0 unspecified atom stereocenters. The Morgan fingerprint density at radius 2 is 1.35 bits per heavy atom. The van der Waals surface area contributed by atoms with Crippen LogP contribution in [0.15, 0.2) is 11.6 Å². The zero-order valence-electron chi connectivity index (χ0n) is 34.9. The summed E-state index contributed by atoms with van der Waals surface area (Å²) in [5, 5.41) is 116. The summed E-state index contributed by atoms with van der Waals surface area (Å²) in [5.41, 5.74) is -0.959. The first-order chi connectivity index (χ1) is 26.4. The lowest BCUT2D eigenvalue weighted by Crippen LogP contribution is -2.63. The molecule has 21 atom stereocenters. The molecule has 6 aliphatic rings. The van der Waals surface area contributed by atoms with Crippen LogP contribution in [0.4, 0.5) is 0 Å². The van der Waals surface area contributed by atoms with E-state index in [1.54, 1.807) is 0 Å². The van der Waals surface area contributed by atoms with Gasteiger partial charge in [0.1, 0.15) is 61.0 Å². The van der Waals surface area contributed by atoms with Crippen molar-refractivity contribution in [3.8, 4) is 0 Å². The van der Waals surface area contributed by atoms with E-state index >= 15 is 0 Å². The molecule has 2 saturated heterocycles. The maximum atomic E-state index is 11.4. The topological polar surface area (TPSA) is 259 Å². The summed E-state index contributed by atoms with van der Waals surface area (Å²) < 4.78 is 23.6. The number of aliphatic hydroxyl groups excluding tert-OH is 10. The molecule has 57 heavy (non-hydrogen) atoms. The molecule has 0 aromatic carbocycles. The summed E-state index contributed by atoms with van der Waals surface area (Å²) in [6, 6.07) is 0. The molecule has 15 heteroatoms. The van der Waals surface area contributed by atoms with E-state index < -0.39 is 110 Å². The summed E-state index contributed by atoms with van der Waals surface area (Å²) in [6.45, 7) is 15.2. The molecule has 0 amide bonds. The molecule has 0 spiro atoms. The van der Waals surface area contributed by atoms with E-state index in [9.17, 15) is 56.2 Å². The molecule has 6 rings (SSSR count). The third-order valence-corrected chi connectivity index (χ3v) is 16.7. The lowest BCUT2D eigenvalue weighted by atomic mass is 9.39. The van der Waals surface area contributed by atoms with Gasteiger partial charge in [0.2, 0.25) is 0 Å². The SMILES string of the molecule is C[C@H]([C@H](O)[C@H](O)[C@@H](O)C(C)(C)O)[C@H]1CC[C@@]2(C)[C@@H]3CC=C4[C@@H](CC[C@H](O[C@@H]5O[C@H](CO[C@@H]6O[C@H](CO)[C@@H](O)[C@H](O)[C@H]6O)[C@@H](O)[C@H](O)[C@H]5O)C4(C)C)[C@]3(C)CC[C@]12C. The quantitative estimate of drug-likeness (QED) is 0.124. The Labute approximate surface area is 336 Å². The summed E-state index contributed by atoms with van der Waals surface area (Å²) in [7, 11) is 0. The van der Waals surface area contributed by atoms with E-state index in [-0.39, 0.29) is 34.0 Å². The molecule has 2 heterocycles. The van der Waals surface area contributed by atoms with Crippen molar-refractivity contribution in [2.75, 3.05) is 13.2 Å². The largest absolute Gasteiger partial charge is 0.394 e. The van der Waals surface area contributed by atoms with Gasteiger partial charge in [-0.15, -0.1) is 0 Å². The van der Waals surface area contributed by atoms with Crippen molar-refractivity contribution in [2.45, 2.75) is 192 Å². The molecule has 3 saturated carbocycles. The van der Waals surface area contributed by atoms with Crippen LogP contribution >= 0.6 is 0 Å². The van der Waals surface area contributed by atoms with Gasteiger partial charge in [0.15, 0.2) is 12.6 Å². The van der Waals surface area contributed by atoms with Crippen molar-refractivity contribution < 1.29 is 75.1 Å². The van der Waals surface area contributed by atoms with Crippen molar-refractivity contribution in [3.63, 3.8) is 0 Å². The highest BCUT2D eigenvalue weighted by Crippen LogP contribution is 2.75. The van der Waals surface area contributed by atoms with Crippen LogP contribution in [0.1, 0.15) is 100 Å². The zero-order valence-corrected chi connectivity index (χ0v) is 34.9. The first kappa shape index (κ1) is 45.7. The van der Waals surface area contributed by atoms with Gasteiger partial charge in [0.25, 0.3) is 0 Å². The van der Waals surface area contributed by atoms with Crippen LogP contribution < -0.4 is 0 Å². The minimum absolute atomic E-state index is 0.0258. The van der Waals surface area contributed by atoms with Gasteiger partial charge in [-0.05, 0) is 98.7 Å². The molecule has 2 aliphatic heterocycles. The molecule has 0 aromatic rings. The first-order valence-corrected chi connectivity index (χ1v) is 21.1. The Balaban J connectivity index is 1.15. The Kier molecular flexibility index (Phi) is 12.9. The van der Waals surface area contributed by atoms with E-state index in [0.29, 0.717) is 12.3 Å². The Bertz CT molecular complexity index is 1440. The Morgan fingerprint density at radius 1 is 0.754 bits per heavy atom. The normalized spacial score (nSPS) is 49.5. The smallest absolute Gasteiger partial charge is 0.187 e. The van der Waals surface area contributed by atoms with Gasteiger partial charge in [0, 0.05) is 5.41 Å². The average Bonchev–Trinajstić information content (AvgIpc) is 3.43. The number of fused-ring (bicyclic) bond motifs is 5. The van der Waals surface area contributed by atoms with Gasteiger partial charge in [-0.1, -0.05) is 53.2 Å². The molecular formula is C42H72O15. The summed E-state index contributed by atoms with van der Waals surface area (Å²) >= 11 is 0. The third-order valence-electron chi connectivity index (χ3n) is 16.7. The fraction of sp³-hybridized carbons (Fsp3) is 0.952. The van der Waals surface area contributed by atoms with Crippen LogP contribution in [-0.2, 0) is 18.9 Å². The van der Waals surface area contributed by atoms with Crippen LogP contribution in [0.2, 0.25) is 0 Å². The highest BCUT2D eigenvalue weighted by molar-refractivity contribution is 5.30. The molecule has 0 aromatic heterocycles. The van der Waals surface area contributed by atoms with Crippen molar-refractivity contribution in [1.29, 1.82) is 0 Å². The van der Waals surface area contributed by atoms with Crippen molar-refractivity contribution in [1.82, 2.24) is 0 Å². The summed E-state index contributed by atoms with van der Waals surface area (Å²) in [5.74, 6) is 0.434. The number of hydrogen-bond acceptors (Lipinski definition) is 15. The van der Waals surface area contributed by atoms with Gasteiger partial charge in [-0.25, -0.2) is 0 Å². The van der Waals surface area contributed by atoms with Crippen LogP contribution in [0, 0.1) is 45.3 Å². The predicted molar refractivity (Wildman–Crippen MR) is 204 cm³/mol. The minimum Gasteiger partial charge on any atom is -0.394 e. The van der Waals surface area contributed by atoms with E-state index in [1.807, 2.05) is 6.92 Å². The fourth-order valence-electron chi connectivity index (χ4n) is 12.7. The van der Waals surface area contributed by atoms with Crippen LogP contribution in [0.3, 0.4) is 0 Å². The summed E-state index contributed by atoms with van der Waals surface area (Å²) in [6.07, 6.45) is -11.0. The van der Waals surface area contributed by atoms with Gasteiger partial charge in [-0.3, -0.25) is 0 Å². The molecule has 15 nitrogen and oxygen atoms in total. The van der Waals surface area contributed by atoms with Crippen molar-refractivity contribution in [2.24, 2.45) is 45.3 Å². The van der Waals surface area contributed by atoms with E-state index in [4.69, 9.17) is 18.9 Å². The number of allylic oxidation sites excluding steroid dienone is 1. The third kappa shape index (κ3) is 7.49. The number of ether oxygens (including phenoxy) is 4. The summed E-state index contributed by atoms with van der Waals surface area (Å²) in [4.78, 5) is 0. The monoisotopic (exact) mass is 816 g/mol. The second kappa shape index (κ2) is 16.1. The van der Waals surface area contributed by atoms with Crippen LogP contribution in [-0.4, -0.2) is 161 Å². The van der Waals surface area contributed by atoms with E-state index in [1.165, 1.54) is 19.4 Å². The molecule has 330 valence electrons. The highest BCUT2D eigenvalue weighted by Gasteiger charge is 2.68. The maximum absolute atomic E-state index is 11.4. The van der Waals surface area contributed by atoms with Crippen molar-refractivity contribution in [3.05, 3.63) is 11.6 Å². The zero-order chi connectivity index (χ0) is 42.4. The maximum Gasteiger partial charge on any atom is 0.187 e. The van der Waals surface area contributed by atoms with Gasteiger partial charge in [-0.2, -0.15) is 0 Å². The van der Waals surface area contributed by atoms with E-state index in [2.05, 4.69) is 40.7 Å². The van der Waals surface area contributed by atoms with Gasteiger partial charge >= 0.3 is 0 Å². The predicted octanol–water partition coefficient (Wildman–Crippen LogP) is 0.0906. The molecule has 5 fully saturated rings. The second-order valence-electron chi connectivity index (χ2n) is 20.4. The molecule has 11 N–H and O–H groups in total. The fourth-order valence-corrected chi connectivity index (χ4v) is 12.7. The number of aliphatic hydroxyl groups is 11. The molecule has 0 bridgehead atoms. The standard InChI is InChI=1S/C42H72O15/c1-19(27(44)32(49)35(52)39(4,5)53)20-13-14-42(8)25-11-9-21-22(40(25,6)15-16-41(20,42)7)10-12-26(38(21,2)3)57-37-34(51)31(48)29(46)24(56-37)18-54-36-33(50)30(47)28(45)23(17-43)55-36/h9,19-20,22-37,43-53H,10-18H2,1-8H3/t19-,20+,22+,23+,24+,25+,26-,27-,28+,29+,30-,31-,32-,33+,34+,35+,36+,37-,40-,41+,42-/m0/s1. The Morgan fingerprint density at radius 3 is 1.96 bits per heavy atom. The molecular weight excluding hydrogens is 744 g/mol. The lowest BCUT2D eigenvalue weighted by molar-refractivity contribution is -0.340. The number of hydrogen-bond donors (Lipinski definition) is 11. The van der Waals surface area contributed by atoms with E-state index in [0.717, 1.165) is 38.5 Å². The second-order valence-corrected chi connectivity index (χ2v) is 20.4. The highest BCUT2D eigenvalue weighted by atomic mass is 16.7. The minimum atomic E-state index is -1.67. The van der Waals surface area contributed by atoms with Crippen LogP contribution in [0.25, 0.3) is 0 Å². The molecule has 4 aliphatic carbocycles. The Hall–Kier alpha value is -0.860. The lowest BCUT2D eigenvalue weighted by Gasteiger charge is -2.66. The average molecular weight is 817 g/mol. The number of rotatable bonds is 11. The van der Waals surface area contributed by atoms with Crippen LogP contribution in [0.5, 0.6) is 0 Å².